The van der Waals surface area contributed by atoms with E-state index in [2.05, 4.69) is 6.92 Å². The number of hydrogen-bond donors (Lipinski definition) is 1. The summed E-state index contributed by atoms with van der Waals surface area (Å²) in [6.07, 6.45) is 6.26. The predicted octanol–water partition coefficient (Wildman–Crippen LogP) is 1.15. The Labute approximate surface area is 84.1 Å². The third-order valence-corrected chi connectivity index (χ3v) is 1.63. The van der Waals surface area contributed by atoms with Crippen molar-refractivity contribution in [3.8, 4) is 0 Å². The van der Waals surface area contributed by atoms with Crippen LogP contribution < -0.4 is 5.73 Å². The van der Waals surface area contributed by atoms with Gasteiger partial charge in [-0.2, -0.15) is 0 Å². The van der Waals surface area contributed by atoms with Gasteiger partial charge in [0, 0.05) is 12.2 Å². The zero-order chi connectivity index (χ0) is 10.8. The summed E-state index contributed by atoms with van der Waals surface area (Å²) >= 11 is 0. The van der Waals surface area contributed by atoms with Crippen LogP contribution in [0.4, 0.5) is 0 Å². The van der Waals surface area contributed by atoms with Crippen molar-refractivity contribution in [1.29, 1.82) is 0 Å². The minimum Gasteiger partial charge on any atom is -0.463 e. The van der Waals surface area contributed by atoms with Crippen molar-refractivity contribution in [2.45, 2.75) is 32.6 Å². The number of unbranched alkanes of at least 4 members (excludes halogenated alkanes) is 3. The van der Waals surface area contributed by atoms with Gasteiger partial charge in [-0.05, 0) is 6.42 Å². The van der Waals surface area contributed by atoms with E-state index in [0.717, 1.165) is 37.8 Å². The van der Waals surface area contributed by atoms with E-state index in [-0.39, 0.29) is 0 Å². The number of primary amides is 1. The summed E-state index contributed by atoms with van der Waals surface area (Å²) in [4.78, 5) is 21.1. The molecule has 0 radical (unpaired) electrons. The first-order valence-corrected chi connectivity index (χ1v) is 4.81. The summed E-state index contributed by atoms with van der Waals surface area (Å²) in [6.45, 7) is 2.52. The zero-order valence-corrected chi connectivity index (χ0v) is 8.49. The summed E-state index contributed by atoms with van der Waals surface area (Å²) < 4.78 is 4.81. The van der Waals surface area contributed by atoms with E-state index >= 15 is 0 Å². The molecule has 80 valence electrons. The number of rotatable bonds is 7. The number of carbonyl (C=O) groups is 2. The normalized spacial score (nSPS) is 10.4. The van der Waals surface area contributed by atoms with Crippen LogP contribution in [-0.2, 0) is 14.3 Å². The number of ether oxygens (including phenoxy) is 1. The molecule has 0 spiro atoms. The molecule has 0 rings (SSSR count). The highest BCUT2D eigenvalue weighted by molar-refractivity contribution is 5.93. The highest BCUT2D eigenvalue weighted by atomic mass is 16.5. The van der Waals surface area contributed by atoms with Crippen LogP contribution in [0.25, 0.3) is 0 Å². The third kappa shape index (κ3) is 8.77. The van der Waals surface area contributed by atoms with Crippen LogP contribution in [0.2, 0.25) is 0 Å². The van der Waals surface area contributed by atoms with Gasteiger partial charge in [-0.25, -0.2) is 4.79 Å². The quantitative estimate of drug-likeness (QED) is 0.380. The Bertz CT molecular complexity index is 211. The molecular formula is C10H17NO3. The van der Waals surface area contributed by atoms with Crippen LogP contribution in [-0.4, -0.2) is 18.5 Å². The highest BCUT2D eigenvalue weighted by Crippen LogP contribution is 1.98. The van der Waals surface area contributed by atoms with Crippen LogP contribution in [0.3, 0.4) is 0 Å². The maximum Gasteiger partial charge on any atom is 0.330 e. The van der Waals surface area contributed by atoms with Crippen molar-refractivity contribution < 1.29 is 14.3 Å². The molecule has 0 saturated heterocycles. The molecule has 0 aliphatic carbocycles. The van der Waals surface area contributed by atoms with Gasteiger partial charge in [0.05, 0.1) is 6.61 Å². The Morgan fingerprint density at radius 1 is 1.21 bits per heavy atom. The molecule has 0 fully saturated rings. The van der Waals surface area contributed by atoms with E-state index in [4.69, 9.17) is 10.5 Å². The van der Waals surface area contributed by atoms with Gasteiger partial charge in [0.25, 0.3) is 0 Å². The van der Waals surface area contributed by atoms with Gasteiger partial charge in [0.1, 0.15) is 0 Å². The number of hydrogen-bond acceptors (Lipinski definition) is 3. The van der Waals surface area contributed by atoms with Gasteiger partial charge in [-0.1, -0.05) is 26.2 Å². The maximum atomic E-state index is 10.9. The molecule has 0 heterocycles. The number of nitrogens with two attached hydrogens (primary N) is 1. The SMILES string of the molecule is CCCCCCOC(=O)/C=C\C(N)=O. The van der Waals surface area contributed by atoms with Crippen LogP contribution in [0.15, 0.2) is 12.2 Å². The van der Waals surface area contributed by atoms with E-state index in [0.29, 0.717) is 6.61 Å². The second-order valence-electron chi connectivity index (χ2n) is 2.96. The van der Waals surface area contributed by atoms with Crippen molar-refractivity contribution in [3.05, 3.63) is 12.2 Å². The van der Waals surface area contributed by atoms with Crippen LogP contribution >= 0.6 is 0 Å². The van der Waals surface area contributed by atoms with Gasteiger partial charge in [0.15, 0.2) is 0 Å². The number of carbonyl (C=O) groups excluding carboxylic acids is 2. The van der Waals surface area contributed by atoms with Crippen molar-refractivity contribution >= 4 is 11.9 Å². The fourth-order valence-corrected chi connectivity index (χ4v) is 0.900. The van der Waals surface area contributed by atoms with Gasteiger partial charge in [0.2, 0.25) is 5.91 Å². The minimum absolute atomic E-state index is 0.405. The average molecular weight is 199 g/mol. The maximum absolute atomic E-state index is 10.9. The van der Waals surface area contributed by atoms with Crippen molar-refractivity contribution in [3.63, 3.8) is 0 Å². The molecule has 0 aliphatic rings. The van der Waals surface area contributed by atoms with Crippen LogP contribution in [0, 0.1) is 0 Å². The van der Waals surface area contributed by atoms with Gasteiger partial charge >= 0.3 is 5.97 Å². The molecule has 0 aromatic carbocycles. The minimum atomic E-state index is -0.645. The van der Waals surface area contributed by atoms with Crippen molar-refractivity contribution in [2.75, 3.05) is 6.61 Å². The molecule has 0 aromatic heterocycles. The summed E-state index contributed by atoms with van der Waals surface area (Å²) in [7, 11) is 0. The van der Waals surface area contributed by atoms with E-state index in [9.17, 15) is 9.59 Å². The van der Waals surface area contributed by atoms with E-state index in [1.54, 1.807) is 0 Å². The van der Waals surface area contributed by atoms with Gasteiger partial charge in [-0.3, -0.25) is 4.79 Å². The fraction of sp³-hybridized carbons (Fsp3) is 0.600. The number of esters is 1. The Kier molecular flexibility index (Phi) is 7.50. The number of amides is 1. The van der Waals surface area contributed by atoms with E-state index in [1.807, 2.05) is 0 Å². The molecule has 0 atom stereocenters. The largest absolute Gasteiger partial charge is 0.463 e. The van der Waals surface area contributed by atoms with E-state index in [1.165, 1.54) is 0 Å². The molecule has 0 saturated carbocycles. The lowest BCUT2D eigenvalue weighted by molar-refractivity contribution is -0.138. The molecule has 14 heavy (non-hydrogen) atoms. The van der Waals surface area contributed by atoms with Crippen molar-refractivity contribution in [1.82, 2.24) is 0 Å². The Morgan fingerprint density at radius 2 is 1.93 bits per heavy atom. The molecule has 4 nitrogen and oxygen atoms in total. The molecule has 0 aliphatic heterocycles. The lowest BCUT2D eigenvalue weighted by Crippen LogP contribution is -2.08. The topological polar surface area (TPSA) is 69.4 Å². The second-order valence-corrected chi connectivity index (χ2v) is 2.96. The summed E-state index contributed by atoms with van der Waals surface area (Å²) in [5.74, 6) is -1.16. The fourth-order valence-electron chi connectivity index (χ4n) is 0.900. The molecule has 1 amide bonds. The lowest BCUT2D eigenvalue weighted by Gasteiger charge is -2.00. The first-order valence-electron chi connectivity index (χ1n) is 4.81. The van der Waals surface area contributed by atoms with Gasteiger partial charge in [-0.15, -0.1) is 0 Å². The molecular weight excluding hydrogens is 182 g/mol. The molecule has 0 unspecified atom stereocenters. The average Bonchev–Trinajstić information content (AvgIpc) is 2.14. The highest BCUT2D eigenvalue weighted by Gasteiger charge is 1.96. The summed E-state index contributed by atoms with van der Waals surface area (Å²) in [6, 6.07) is 0. The lowest BCUT2D eigenvalue weighted by atomic mass is 10.2. The molecule has 4 heteroatoms. The zero-order valence-electron chi connectivity index (χ0n) is 8.49. The van der Waals surface area contributed by atoms with Gasteiger partial charge < -0.3 is 10.5 Å². The molecule has 2 N–H and O–H groups in total. The first kappa shape index (κ1) is 12.7. The Morgan fingerprint density at radius 3 is 2.50 bits per heavy atom. The molecule has 0 aromatic rings. The molecule has 0 bridgehead atoms. The summed E-state index contributed by atoms with van der Waals surface area (Å²) in [5.41, 5.74) is 4.80. The second kappa shape index (κ2) is 8.29. The summed E-state index contributed by atoms with van der Waals surface area (Å²) in [5, 5.41) is 0. The first-order chi connectivity index (χ1) is 6.66. The predicted molar refractivity (Wildman–Crippen MR) is 53.4 cm³/mol. The van der Waals surface area contributed by atoms with Crippen LogP contribution in [0.5, 0.6) is 0 Å². The van der Waals surface area contributed by atoms with E-state index < -0.39 is 11.9 Å². The Balaban J connectivity index is 3.40. The van der Waals surface area contributed by atoms with Crippen molar-refractivity contribution in [2.24, 2.45) is 5.73 Å². The third-order valence-electron chi connectivity index (χ3n) is 1.63. The van der Waals surface area contributed by atoms with Crippen LogP contribution in [0.1, 0.15) is 32.6 Å². The Hall–Kier alpha value is -1.32. The smallest absolute Gasteiger partial charge is 0.330 e. The standard InChI is InChI=1S/C10H17NO3/c1-2-3-4-5-8-14-10(13)7-6-9(11)12/h6-7H,2-5,8H2,1H3,(H2,11,12)/b7-6-. The monoisotopic (exact) mass is 199 g/mol.